The molecule has 0 saturated heterocycles. The highest BCUT2D eigenvalue weighted by Gasteiger charge is 2.15. The second-order valence-corrected chi connectivity index (χ2v) is 8.28. The Balaban J connectivity index is 1.47. The number of carbonyl (C=O) groups is 3. The SMILES string of the molecule is CC(Sc1ccc(NC(=O)COc2ccccc2)cc1)C(=O)Nc1ccc(C(N)=O)cc1. The minimum Gasteiger partial charge on any atom is -0.484 e. The van der Waals surface area contributed by atoms with E-state index in [-0.39, 0.29) is 23.7 Å². The second kappa shape index (κ2) is 11.0. The lowest BCUT2D eigenvalue weighted by molar-refractivity contribution is -0.118. The first-order valence-corrected chi connectivity index (χ1v) is 10.7. The van der Waals surface area contributed by atoms with Crippen LogP contribution in [0.1, 0.15) is 17.3 Å². The fourth-order valence-corrected chi connectivity index (χ4v) is 3.57. The van der Waals surface area contributed by atoms with Gasteiger partial charge in [0.25, 0.3) is 5.91 Å². The highest BCUT2D eigenvalue weighted by molar-refractivity contribution is 8.00. The van der Waals surface area contributed by atoms with Crippen molar-refractivity contribution in [1.82, 2.24) is 0 Å². The fraction of sp³-hybridized carbons (Fsp3) is 0.125. The van der Waals surface area contributed by atoms with Gasteiger partial charge < -0.3 is 21.1 Å². The van der Waals surface area contributed by atoms with Crippen molar-refractivity contribution in [3.8, 4) is 5.75 Å². The molecule has 1 unspecified atom stereocenters. The molecule has 32 heavy (non-hydrogen) atoms. The third-order valence-corrected chi connectivity index (χ3v) is 5.48. The van der Waals surface area contributed by atoms with Crippen LogP contribution in [0, 0.1) is 0 Å². The molecular formula is C24H23N3O4S. The van der Waals surface area contributed by atoms with Gasteiger partial charge in [0.15, 0.2) is 6.61 Å². The zero-order valence-electron chi connectivity index (χ0n) is 17.4. The summed E-state index contributed by atoms with van der Waals surface area (Å²) in [5, 5.41) is 5.23. The summed E-state index contributed by atoms with van der Waals surface area (Å²) in [6.45, 7) is 1.71. The van der Waals surface area contributed by atoms with Crippen molar-refractivity contribution in [3.63, 3.8) is 0 Å². The largest absolute Gasteiger partial charge is 0.484 e. The molecule has 0 aliphatic carbocycles. The minimum absolute atomic E-state index is 0.0852. The van der Waals surface area contributed by atoms with Gasteiger partial charge in [0.2, 0.25) is 11.8 Å². The number of para-hydroxylation sites is 1. The molecule has 0 aliphatic rings. The van der Waals surface area contributed by atoms with Gasteiger partial charge in [-0.15, -0.1) is 11.8 Å². The van der Waals surface area contributed by atoms with Gasteiger partial charge in [0, 0.05) is 21.8 Å². The Kier molecular flexibility index (Phi) is 7.88. The predicted molar refractivity (Wildman–Crippen MR) is 126 cm³/mol. The molecular weight excluding hydrogens is 426 g/mol. The quantitative estimate of drug-likeness (QED) is 0.429. The van der Waals surface area contributed by atoms with Gasteiger partial charge in [-0.25, -0.2) is 0 Å². The third kappa shape index (κ3) is 6.88. The van der Waals surface area contributed by atoms with Gasteiger partial charge in [0.05, 0.1) is 5.25 Å². The van der Waals surface area contributed by atoms with E-state index < -0.39 is 5.91 Å². The molecule has 0 heterocycles. The van der Waals surface area contributed by atoms with Crippen molar-refractivity contribution >= 4 is 40.9 Å². The lowest BCUT2D eigenvalue weighted by Gasteiger charge is -2.13. The van der Waals surface area contributed by atoms with Crippen LogP contribution in [0.3, 0.4) is 0 Å². The smallest absolute Gasteiger partial charge is 0.262 e. The number of amides is 3. The Morgan fingerprint density at radius 3 is 2.09 bits per heavy atom. The maximum absolute atomic E-state index is 12.4. The summed E-state index contributed by atoms with van der Waals surface area (Å²) in [4.78, 5) is 36.5. The maximum atomic E-state index is 12.4. The van der Waals surface area contributed by atoms with Crippen LogP contribution in [0.2, 0.25) is 0 Å². The summed E-state index contributed by atoms with van der Waals surface area (Å²) in [7, 11) is 0. The monoisotopic (exact) mass is 449 g/mol. The molecule has 3 aromatic rings. The molecule has 4 N–H and O–H groups in total. The second-order valence-electron chi connectivity index (χ2n) is 6.87. The summed E-state index contributed by atoms with van der Waals surface area (Å²) in [6.07, 6.45) is 0. The van der Waals surface area contributed by atoms with Gasteiger partial charge in [-0.2, -0.15) is 0 Å². The molecule has 0 bridgehead atoms. The lowest BCUT2D eigenvalue weighted by Crippen LogP contribution is -2.22. The Bertz CT molecular complexity index is 1070. The number of carbonyl (C=O) groups excluding carboxylic acids is 3. The number of rotatable bonds is 9. The maximum Gasteiger partial charge on any atom is 0.262 e. The molecule has 0 aromatic heterocycles. The van der Waals surface area contributed by atoms with Gasteiger partial charge in [-0.3, -0.25) is 14.4 Å². The number of nitrogens with two attached hydrogens (primary N) is 1. The molecule has 164 valence electrons. The van der Waals surface area contributed by atoms with Gasteiger partial charge in [-0.05, 0) is 67.6 Å². The molecule has 8 heteroatoms. The molecule has 0 radical (unpaired) electrons. The highest BCUT2D eigenvalue weighted by Crippen LogP contribution is 2.25. The van der Waals surface area contributed by atoms with Crippen molar-refractivity contribution < 1.29 is 19.1 Å². The molecule has 3 amide bonds. The van der Waals surface area contributed by atoms with Gasteiger partial charge >= 0.3 is 0 Å². The Morgan fingerprint density at radius 2 is 1.47 bits per heavy atom. The van der Waals surface area contributed by atoms with E-state index >= 15 is 0 Å². The number of thioether (sulfide) groups is 1. The van der Waals surface area contributed by atoms with E-state index in [1.165, 1.54) is 11.8 Å². The molecule has 1 atom stereocenters. The van der Waals surface area contributed by atoms with E-state index in [9.17, 15) is 14.4 Å². The van der Waals surface area contributed by atoms with Crippen molar-refractivity contribution in [2.45, 2.75) is 17.1 Å². The molecule has 0 fully saturated rings. The Morgan fingerprint density at radius 1 is 0.875 bits per heavy atom. The van der Waals surface area contributed by atoms with Crippen LogP contribution in [-0.2, 0) is 9.59 Å². The van der Waals surface area contributed by atoms with Crippen LogP contribution < -0.4 is 21.1 Å². The van der Waals surface area contributed by atoms with Crippen molar-refractivity contribution in [2.24, 2.45) is 5.73 Å². The van der Waals surface area contributed by atoms with Crippen LogP contribution in [0.25, 0.3) is 0 Å². The summed E-state index contributed by atoms with van der Waals surface area (Å²) in [6, 6.07) is 22.7. The van der Waals surface area contributed by atoms with Crippen molar-refractivity contribution in [2.75, 3.05) is 17.2 Å². The van der Waals surface area contributed by atoms with E-state index in [0.717, 1.165) is 4.90 Å². The van der Waals surface area contributed by atoms with E-state index in [1.54, 1.807) is 55.5 Å². The number of ether oxygens (including phenoxy) is 1. The van der Waals surface area contributed by atoms with E-state index in [2.05, 4.69) is 10.6 Å². The first-order valence-electron chi connectivity index (χ1n) is 9.86. The zero-order chi connectivity index (χ0) is 22.9. The number of benzene rings is 3. The molecule has 3 rings (SSSR count). The number of primary amides is 1. The Labute approximate surface area is 190 Å². The number of anilines is 2. The van der Waals surface area contributed by atoms with Gasteiger partial charge in [0.1, 0.15) is 5.75 Å². The summed E-state index contributed by atoms with van der Waals surface area (Å²) in [5.74, 6) is -0.317. The summed E-state index contributed by atoms with van der Waals surface area (Å²) in [5.41, 5.74) is 6.82. The zero-order valence-corrected chi connectivity index (χ0v) is 18.2. The fourth-order valence-electron chi connectivity index (χ4n) is 2.70. The van der Waals surface area contributed by atoms with Crippen molar-refractivity contribution in [1.29, 1.82) is 0 Å². The standard InChI is InChI=1S/C24H23N3O4S/c1-16(24(30)27-19-9-7-17(8-10-19)23(25)29)32-21-13-11-18(12-14-21)26-22(28)15-31-20-5-3-2-4-6-20/h2-14,16H,15H2,1H3,(H2,25,29)(H,26,28)(H,27,30). The number of nitrogens with one attached hydrogen (secondary N) is 2. The highest BCUT2D eigenvalue weighted by atomic mass is 32.2. The van der Waals surface area contributed by atoms with E-state index in [4.69, 9.17) is 10.5 Å². The first-order chi connectivity index (χ1) is 15.4. The van der Waals surface area contributed by atoms with Crippen LogP contribution in [-0.4, -0.2) is 29.6 Å². The first kappa shape index (κ1) is 22.9. The third-order valence-electron chi connectivity index (χ3n) is 4.37. The Hall–Kier alpha value is -3.78. The lowest BCUT2D eigenvalue weighted by atomic mass is 10.2. The topological polar surface area (TPSA) is 111 Å². The molecule has 7 nitrogen and oxygen atoms in total. The molecule has 0 spiro atoms. The van der Waals surface area contributed by atoms with Crippen molar-refractivity contribution in [3.05, 3.63) is 84.4 Å². The number of hydrogen-bond donors (Lipinski definition) is 3. The van der Waals surface area contributed by atoms with E-state index in [0.29, 0.717) is 22.7 Å². The molecule has 3 aromatic carbocycles. The summed E-state index contributed by atoms with van der Waals surface area (Å²) < 4.78 is 5.43. The average molecular weight is 450 g/mol. The van der Waals surface area contributed by atoms with Crippen LogP contribution in [0.5, 0.6) is 5.75 Å². The number of hydrogen-bond acceptors (Lipinski definition) is 5. The minimum atomic E-state index is -0.518. The predicted octanol–water partition coefficient (Wildman–Crippen LogP) is 3.92. The van der Waals surface area contributed by atoms with Gasteiger partial charge in [-0.1, -0.05) is 18.2 Å². The normalized spacial score (nSPS) is 11.3. The average Bonchev–Trinajstić information content (AvgIpc) is 2.80. The van der Waals surface area contributed by atoms with Crippen LogP contribution in [0.4, 0.5) is 11.4 Å². The molecule has 0 aliphatic heterocycles. The van der Waals surface area contributed by atoms with E-state index in [1.807, 2.05) is 30.3 Å². The summed E-state index contributed by atoms with van der Waals surface area (Å²) >= 11 is 1.39. The van der Waals surface area contributed by atoms with Crippen LogP contribution >= 0.6 is 11.8 Å². The molecule has 0 saturated carbocycles. The van der Waals surface area contributed by atoms with Crippen LogP contribution in [0.15, 0.2) is 83.8 Å².